The highest BCUT2D eigenvalue weighted by molar-refractivity contribution is 5.83. The molecule has 0 spiro atoms. The smallest absolute Gasteiger partial charge is 0.236 e. The average Bonchev–Trinajstić information content (AvgIpc) is 2.22. The summed E-state index contributed by atoms with van der Waals surface area (Å²) in [7, 11) is 2.06. The molecule has 1 aromatic carbocycles. The number of para-hydroxylation sites is 2. The molecule has 1 aliphatic rings. The minimum atomic E-state index is -0.283. The van der Waals surface area contributed by atoms with Crippen molar-refractivity contribution in [1.82, 2.24) is 0 Å². The maximum atomic E-state index is 10.9. The van der Waals surface area contributed by atoms with Gasteiger partial charge < -0.3 is 15.5 Å². The van der Waals surface area contributed by atoms with E-state index in [9.17, 15) is 4.79 Å². The molecule has 2 rings (SSSR count). The molecule has 0 unspecified atom stereocenters. The van der Waals surface area contributed by atoms with E-state index in [1.807, 2.05) is 23.1 Å². The van der Waals surface area contributed by atoms with Gasteiger partial charge in [0.15, 0.2) is 0 Å². The number of hydrogen-bond donors (Lipinski definition) is 1. The molecule has 0 aliphatic carbocycles. The fourth-order valence-electron chi connectivity index (χ4n) is 1.92. The Kier molecular flexibility index (Phi) is 2.49. The molecule has 0 aromatic heterocycles. The molecule has 80 valence electrons. The number of carbonyl (C=O) groups excluding carboxylic acids is 1. The van der Waals surface area contributed by atoms with E-state index in [1.54, 1.807) is 0 Å². The standard InChI is InChI=1S/C11H15N3O/c1-13-6-7-14(8-11(12)15)10-5-3-2-4-9(10)13/h2-5H,6-8H2,1H3,(H2,12,15). The third kappa shape index (κ3) is 1.88. The first-order valence-corrected chi connectivity index (χ1v) is 5.02. The van der Waals surface area contributed by atoms with E-state index in [4.69, 9.17) is 5.73 Å². The van der Waals surface area contributed by atoms with Gasteiger partial charge in [0.25, 0.3) is 0 Å². The van der Waals surface area contributed by atoms with E-state index in [-0.39, 0.29) is 5.91 Å². The van der Waals surface area contributed by atoms with Crippen molar-refractivity contribution in [3.63, 3.8) is 0 Å². The van der Waals surface area contributed by atoms with Crippen LogP contribution >= 0.6 is 0 Å². The topological polar surface area (TPSA) is 49.6 Å². The molecule has 0 atom stereocenters. The van der Waals surface area contributed by atoms with Crippen molar-refractivity contribution >= 4 is 17.3 Å². The summed E-state index contributed by atoms with van der Waals surface area (Å²) < 4.78 is 0. The van der Waals surface area contributed by atoms with Gasteiger partial charge >= 0.3 is 0 Å². The number of benzene rings is 1. The van der Waals surface area contributed by atoms with Crippen molar-refractivity contribution < 1.29 is 4.79 Å². The van der Waals surface area contributed by atoms with Crippen LogP contribution in [0.4, 0.5) is 11.4 Å². The van der Waals surface area contributed by atoms with Crippen LogP contribution in [0.1, 0.15) is 0 Å². The van der Waals surface area contributed by atoms with Crippen molar-refractivity contribution in [2.24, 2.45) is 5.73 Å². The largest absolute Gasteiger partial charge is 0.371 e. The fraction of sp³-hybridized carbons (Fsp3) is 0.364. The molecule has 0 saturated heterocycles. The Hall–Kier alpha value is -1.71. The van der Waals surface area contributed by atoms with Crippen LogP contribution in [0.5, 0.6) is 0 Å². The van der Waals surface area contributed by atoms with Gasteiger partial charge in [0.2, 0.25) is 5.91 Å². The van der Waals surface area contributed by atoms with Crippen LogP contribution < -0.4 is 15.5 Å². The van der Waals surface area contributed by atoms with Crippen molar-refractivity contribution in [3.8, 4) is 0 Å². The average molecular weight is 205 g/mol. The normalized spacial score (nSPS) is 15.0. The maximum absolute atomic E-state index is 10.9. The lowest BCUT2D eigenvalue weighted by Crippen LogP contribution is -2.43. The lowest BCUT2D eigenvalue weighted by molar-refractivity contribution is -0.116. The Morgan fingerprint density at radius 1 is 1.33 bits per heavy atom. The summed E-state index contributed by atoms with van der Waals surface area (Å²) in [4.78, 5) is 15.1. The number of anilines is 2. The summed E-state index contributed by atoms with van der Waals surface area (Å²) in [6.07, 6.45) is 0. The zero-order valence-corrected chi connectivity index (χ0v) is 8.81. The van der Waals surface area contributed by atoms with Crippen LogP contribution in [0.15, 0.2) is 24.3 Å². The van der Waals surface area contributed by atoms with E-state index in [0.717, 1.165) is 24.5 Å². The van der Waals surface area contributed by atoms with Gasteiger partial charge in [0.05, 0.1) is 17.9 Å². The molecule has 0 bridgehead atoms. The molecular weight excluding hydrogens is 190 g/mol. The van der Waals surface area contributed by atoms with Crippen LogP contribution in [0.25, 0.3) is 0 Å². The van der Waals surface area contributed by atoms with Crippen molar-refractivity contribution in [2.75, 3.05) is 36.5 Å². The van der Waals surface area contributed by atoms with Crippen LogP contribution in [-0.4, -0.2) is 32.6 Å². The Balaban J connectivity index is 2.31. The second-order valence-corrected chi connectivity index (χ2v) is 3.80. The number of amides is 1. The van der Waals surface area contributed by atoms with E-state index in [1.165, 1.54) is 0 Å². The Labute approximate surface area is 89.3 Å². The van der Waals surface area contributed by atoms with Gasteiger partial charge in [-0.1, -0.05) is 12.1 Å². The highest BCUT2D eigenvalue weighted by Gasteiger charge is 2.20. The van der Waals surface area contributed by atoms with E-state index in [0.29, 0.717) is 6.54 Å². The first kappa shape index (κ1) is 9.83. The number of primary amides is 1. The Morgan fingerprint density at radius 3 is 2.67 bits per heavy atom. The second-order valence-electron chi connectivity index (χ2n) is 3.80. The third-order valence-corrected chi connectivity index (χ3v) is 2.69. The van der Waals surface area contributed by atoms with Crippen LogP contribution in [-0.2, 0) is 4.79 Å². The number of likely N-dealkylation sites (N-methyl/N-ethyl adjacent to an activating group) is 1. The number of nitrogens with zero attached hydrogens (tertiary/aromatic N) is 2. The SMILES string of the molecule is CN1CCN(CC(N)=O)c2ccccc21. The number of hydrogen-bond acceptors (Lipinski definition) is 3. The van der Waals surface area contributed by atoms with Crippen LogP contribution in [0.3, 0.4) is 0 Å². The molecule has 4 heteroatoms. The molecule has 1 aliphatic heterocycles. The van der Waals surface area contributed by atoms with Gasteiger partial charge in [-0.05, 0) is 12.1 Å². The zero-order valence-electron chi connectivity index (χ0n) is 8.81. The summed E-state index contributed by atoms with van der Waals surface area (Å²) in [5.41, 5.74) is 7.47. The highest BCUT2D eigenvalue weighted by Crippen LogP contribution is 2.31. The zero-order chi connectivity index (χ0) is 10.8. The molecule has 1 aromatic rings. The fourth-order valence-corrected chi connectivity index (χ4v) is 1.92. The summed E-state index contributed by atoms with van der Waals surface area (Å²) in [5, 5.41) is 0. The summed E-state index contributed by atoms with van der Waals surface area (Å²) in [6, 6.07) is 8.06. The van der Waals surface area contributed by atoms with Crippen molar-refractivity contribution in [1.29, 1.82) is 0 Å². The van der Waals surface area contributed by atoms with Gasteiger partial charge in [-0.2, -0.15) is 0 Å². The first-order chi connectivity index (χ1) is 7.18. The van der Waals surface area contributed by atoms with Gasteiger partial charge in [-0.25, -0.2) is 0 Å². The monoisotopic (exact) mass is 205 g/mol. The molecule has 15 heavy (non-hydrogen) atoms. The van der Waals surface area contributed by atoms with Crippen LogP contribution in [0.2, 0.25) is 0 Å². The predicted octanol–water partition coefficient (Wildman–Crippen LogP) is 0.428. The highest BCUT2D eigenvalue weighted by atomic mass is 16.1. The lowest BCUT2D eigenvalue weighted by atomic mass is 10.2. The molecule has 2 N–H and O–H groups in total. The van der Waals surface area contributed by atoms with Crippen LogP contribution in [0, 0.1) is 0 Å². The first-order valence-electron chi connectivity index (χ1n) is 5.02. The van der Waals surface area contributed by atoms with Gasteiger partial charge in [0.1, 0.15) is 0 Å². The number of nitrogens with two attached hydrogens (primary N) is 1. The van der Waals surface area contributed by atoms with E-state index < -0.39 is 0 Å². The molecule has 4 nitrogen and oxygen atoms in total. The van der Waals surface area contributed by atoms with Crippen molar-refractivity contribution in [3.05, 3.63) is 24.3 Å². The summed E-state index contributed by atoms with van der Waals surface area (Å²) in [6.45, 7) is 2.06. The maximum Gasteiger partial charge on any atom is 0.236 e. The molecule has 1 amide bonds. The van der Waals surface area contributed by atoms with E-state index in [2.05, 4.69) is 18.0 Å². The second kappa shape index (κ2) is 3.81. The third-order valence-electron chi connectivity index (χ3n) is 2.69. The Morgan fingerprint density at radius 2 is 2.00 bits per heavy atom. The number of fused-ring (bicyclic) bond motifs is 1. The quantitative estimate of drug-likeness (QED) is 0.761. The molecular formula is C11H15N3O. The Bertz CT molecular complexity index is 378. The number of rotatable bonds is 2. The molecule has 0 radical (unpaired) electrons. The molecule has 0 saturated carbocycles. The number of carbonyl (C=O) groups is 1. The molecule has 1 heterocycles. The van der Waals surface area contributed by atoms with Gasteiger partial charge in [0, 0.05) is 20.1 Å². The van der Waals surface area contributed by atoms with Gasteiger partial charge in [-0.3, -0.25) is 4.79 Å². The minimum Gasteiger partial charge on any atom is -0.371 e. The van der Waals surface area contributed by atoms with E-state index >= 15 is 0 Å². The van der Waals surface area contributed by atoms with Gasteiger partial charge in [-0.15, -0.1) is 0 Å². The summed E-state index contributed by atoms with van der Waals surface area (Å²) >= 11 is 0. The lowest BCUT2D eigenvalue weighted by Gasteiger charge is -2.36. The van der Waals surface area contributed by atoms with Crippen molar-refractivity contribution in [2.45, 2.75) is 0 Å². The predicted molar refractivity (Wildman–Crippen MR) is 61.1 cm³/mol. The minimum absolute atomic E-state index is 0.283. The molecule has 0 fully saturated rings. The summed E-state index contributed by atoms with van der Waals surface area (Å²) in [5.74, 6) is -0.283.